The number of benzene rings is 1. The molecule has 0 radical (unpaired) electrons. The molecule has 2 aliphatic rings. The van der Waals surface area contributed by atoms with Crippen molar-refractivity contribution in [3.05, 3.63) is 54.0 Å². The number of para-hydroxylation sites is 1. The van der Waals surface area contributed by atoms with Crippen molar-refractivity contribution in [2.45, 2.75) is 50.8 Å². The maximum atomic E-state index is 5.80. The number of rotatable bonds is 5. The molecule has 2 aromatic rings. The molecule has 0 spiro atoms. The van der Waals surface area contributed by atoms with Gasteiger partial charge in [0.05, 0.1) is 25.0 Å². The molecule has 2 aliphatic heterocycles. The van der Waals surface area contributed by atoms with E-state index in [4.69, 9.17) is 18.9 Å². The van der Waals surface area contributed by atoms with Gasteiger partial charge in [-0.1, -0.05) is 18.2 Å². The van der Waals surface area contributed by atoms with E-state index in [1.807, 2.05) is 24.3 Å². The fourth-order valence-electron chi connectivity index (χ4n) is 3.85. The molecule has 28 heavy (non-hydrogen) atoms. The molecule has 0 amide bonds. The van der Waals surface area contributed by atoms with Gasteiger partial charge in [0.15, 0.2) is 5.96 Å². The highest BCUT2D eigenvalue weighted by Gasteiger charge is 2.24. The van der Waals surface area contributed by atoms with Crippen molar-refractivity contribution in [1.82, 2.24) is 10.6 Å². The molecule has 1 saturated heterocycles. The Labute approximate surface area is 166 Å². The Kier molecular flexibility index (Phi) is 6.17. The first-order valence-electron chi connectivity index (χ1n) is 10.2. The number of hydrogen-bond acceptors (Lipinski definition) is 4. The molecule has 3 atom stereocenters. The van der Waals surface area contributed by atoms with Gasteiger partial charge in [-0.05, 0) is 38.0 Å². The Morgan fingerprint density at radius 1 is 1.11 bits per heavy atom. The fourth-order valence-corrected chi connectivity index (χ4v) is 3.85. The molecule has 0 aliphatic carbocycles. The molecule has 6 heteroatoms. The van der Waals surface area contributed by atoms with E-state index in [2.05, 4.69) is 29.7 Å². The van der Waals surface area contributed by atoms with Crippen LogP contribution in [0.5, 0.6) is 5.75 Å². The summed E-state index contributed by atoms with van der Waals surface area (Å²) in [6.07, 6.45) is 5.67. The lowest BCUT2D eigenvalue weighted by Gasteiger charge is -2.32. The molecule has 6 nitrogen and oxygen atoms in total. The zero-order chi connectivity index (χ0) is 19.2. The van der Waals surface area contributed by atoms with Crippen LogP contribution in [0.2, 0.25) is 0 Å². The van der Waals surface area contributed by atoms with Gasteiger partial charge in [0.25, 0.3) is 0 Å². The van der Waals surface area contributed by atoms with Crippen molar-refractivity contribution in [3.63, 3.8) is 0 Å². The normalized spacial score (nSPS) is 24.9. The highest BCUT2D eigenvalue weighted by Crippen LogP contribution is 2.31. The first kappa shape index (κ1) is 18.9. The second-order valence-corrected chi connectivity index (χ2v) is 7.48. The van der Waals surface area contributed by atoms with E-state index >= 15 is 0 Å². The molecule has 2 N–H and O–H groups in total. The SMILES string of the molecule is CC1CC(NC(=NCCc2ccco2)NC2CCOc3ccccc32)CCO1. The van der Waals surface area contributed by atoms with Crippen molar-refractivity contribution in [2.24, 2.45) is 4.99 Å². The van der Waals surface area contributed by atoms with Crippen LogP contribution in [0.1, 0.15) is 43.6 Å². The third-order valence-corrected chi connectivity index (χ3v) is 5.30. The summed E-state index contributed by atoms with van der Waals surface area (Å²) in [6, 6.07) is 12.7. The maximum absolute atomic E-state index is 5.80. The average Bonchev–Trinajstić information content (AvgIpc) is 3.22. The van der Waals surface area contributed by atoms with E-state index in [0.717, 1.165) is 49.8 Å². The van der Waals surface area contributed by atoms with Crippen molar-refractivity contribution in [2.75, 3.05) is 19.8 Å². The number of nitrogens with zero attached hydrogens (tertiary/aromatic N) is 1. The number of ether oxygens (including phenoxy) is 2. The molecule has 0 bridgehead atoms. The number of fused-ring (bicyclic) bond motifs is 1. The molecule has 3 unspecified atom stereocenters. The van der Waals surface area contributed by atoms with Gasteiger partial charge in [-0.3, -0.25) is 4.99 Å². The molecular formula is C22H29N3O3. The van der Waals surface area contributed by atoms with Crippen LogP contribution in [0.15, 0.2) is 52.1 Å². The summed E-state index contributed by atoms with van der Waals surface area (Å²) in [5, 5.41) is 7.27. The lowest BCUT2D eigenvalue weighted by Crippen LogP contribution is -2.48. The first-order valence-corrected chi connectivity index (χ1v) is 10.2. The highest BCUT2D eigenvalue weighted by molar-refractivity contribution is 5.80. The minimum atomic E-state index is 0.192. The smallest absolute Gasteiger partial charge is 0.191 e. The third kappa shape index (κ3) is 4.87. The van der Waals surface area contributed by atoms with Gasteiger partial charge >= 0.3 is 0 Å². The van der Waals surface area contributed by atoms with Crippen molar-refractivity contribution >= 4 is 5.96 Å². The molecule has 0 saturated carbocycles. The summed E-state index contributed by atoms with van der Waals surface area (Å²) < 4.78 is 16.9. The van der Waals surface area contributed by atoms with Gasteiger partial charge in [0.1, 0.15) is 11.5 Å². The third-order valence-electron chi connectivity index (χ3n) is 5.30. The van der Waals surface area contributed by atoms with Gasteiger partial charge in [-0.15, -0.1) is 0 Å². The van der Waals surface area contributed by atoms with E-state index < -0.39 is 0 Å². The van der Waals surface area contributed by atoms with Crippen LogP contribution in [0, 0.1) is 0 Å². The molecule has 1 fully saturated rings. The molecule has 3 heterocycles. The number of aliphatic imine (C=N–C) groups is 1. The van der Waals surface area contributed by atoms with Gasteiger partial charge in [0.2, 0.25) is 0 Å². The second kappa shape index (κ2) is 9.15. The van der Waals surface area contributed by atoms with Crippen LogP contribution in [0.4, 0.5) is 0 Å². The monoisotopic (exact) mass is 383 g/mol. The van der Waals surface area contributed by atoms with E-state index in [-0.39, 0.29) is 12.1 Å². The summed E-state index contributed by atoms with van der Waals surface area (Å²) >= 11 is 0. The van der Waals surface area contributed by atoms with Gasteiger partial charge in [-0.25, -0.2) is 0 Å². The lowest BCUT2D eigenvalue weighted by atomic mass is 10.0. The van der Waals surface area contributed by atoms with Crippen LogP contribution in [0.3, 0.4) is 0 Å². The van der Waals surface area contributed by atoms with E-state index in [0.29, 0.717) is 19.2 Å². The quantitative estimate of drug-likeness (QED) is 0.611. The first-order chi connectivity index (χ1) is 13.8. The molecule has 1 aromatic carbocycles. The largest absolute Gasteiger partial charge is 0.493 e. The summed E-state index contributed by atoms with van der Waals surface area (Å²) in [6.45, 7) is 4.30. The zero-order valence-electron chi connectivity index (χ0n) is 16.4. The molecule has 4 rings (SSSR count). The van der Waals surface area contributed by atoms with Crippen LogP contribution in [-0.2, 0) is 11.2 Å². The average molecular weight is 383 g/mol. The predicted molar refractivity (Wildman–Crippen MR) is 109 cm³/mol. The summed E-state index contributed by atoms with van der Waals surface area (Å²) in [5.41, 5.74) is 1.19. The Hall–Kier alpha value is -2.47. The minimum absolute atomic E-state index is 0.192. The van der Waals surface area contributed by atoms with Gasteiger partial charge in [-0.2, -0.15) is 0 Å². The summed E-state index contributed by atoms with van der Waals surface area (Å²) in [4.78, 5) is 4.84. The Bertz CT molecular complexity index is 775. The second-order valence-electron chi connectivity index (χ2n) is 7.48. The van der Waals surface area contributed by atoms with Gasteiger partial charge < -0.3 is 24.5 Å². The number of nitrogens with one attached hydrogen (secondary N) is 2. The Balaban J connectivity index is 1.46. The fraction of sp³-hybridized carbons (Fsp3) is 0.500. The summed E-state index contributed by atoms with van der Waals surface area (Å²) in [7, 11) is 0. The topological polar surface area (TPSA) is 68.0 Å². The Morgan fingerprint density at radius 2 is 2.04 bits per heavy atom. The van der Waals surface area contributed by atoms with Crippen LogP contribution in [0.25, 0.3) is 0 Å². The van der Waals surface area contributed by atoms with Crippen molar-refractivity contribution in [3.8, 4) is 5.75 Å². The van der Waals surface area contributed by atoms with E-state index in [1.165, 1.54) is 5.56 Å². The number of hydrogen-bond donors (Lipinski definition) is 2. The molecular weight excluding hydrogens is 354 g/mol. The Morgan fingerprint density at radius 3 is 2.89 bits per heavy atom. The maximum Gasteiger partial charge on any atom is 0.191 e. The number of furan rings is 1. The van der Waals surface area contributed by atoms with Crippen LogP contribution >= 0.6 is 0 Å². The number of guanidine groups is 1. The van der Waals surface area contributed by atoms with Crippen molar-refractivity contribution < 1.29 is 13.9 Å². The molecule has 150 valence electrons. The summed E-state index contributed by atoms with van der Waals surface area (Å²) in [5.74, 6) is 2.77. The highest BCUT2D eigenvalue weighted by atomic mass is 16.5. The van der Waals surface area contributed by atoms with E-state index in [1.54, 1.807) is 6.26 Å². The zero-order valence-corrected chi connectivity index (χ0v) is 16.4. The predicted octanol–water partition coefficient (Wildman–Crippen LogP) is 3.45. The molecule has 1 aromatic heterocycles. The van der Waals surface area contributed by atoms with Crippen LogP contribution in [-0.4, -0.2) is 37.9 Å². The lowest BCUT2D eigenvalue weighted by molar-refractivity contribution is 0.0165. The standard InChI is InChI=1S/C22H29N3O3/c1-16-15-17(9-13-26-16)24-22(23-11-8-18-5-4-12-27-18)25-20-10-14-28-21-7-3-2-6-19(20)21/h2-7,12,16-17,20H,8-11,13-15H2,1H3,(H2,23,24,25). The van der Waals surface area contributed by atoms with Crippen molar-refractivity contribution in [1.29, 1.82) is 0 Å². The van der Waals surface area contributed by atoms with Gasteiger partial charge in [0, 0.05) is 37.6 Å². The van der Waals surface area contributed by atoms with Crippen LogP contribution < -0.4 is 15.4 Å². The van der Waals surface area contributed by atoms with E-state index in [9.17, 15) is 0 Å². The minimum Gasteiger partial charge on any atom is -0.493 e.